The highest BCUT2D eigenvalue weighted by Gasteiger charge is 2.73. The Balaban J connectivity index is 0.000000505. The Bertz CT molecular complexity index is 1640. The number of carbonyl (C=O) groups excluding carboxylic acids is 2. The Hall–Kier alpha value is -3.71. The predicted octanol–water partition coefficient (Wildman–Crippen LogP) is 10.6. The van der Waals surface area contributed by atoms with Gasteiger partial charge in [-0.15, -0.1) is 0 Å². The van der Waals surface area contributed by atoms with Crippen molar-refractivity contribution < 1.29 is 57.5 Å². The maximum atomic E-state index is 12.6. The van der Waals surface area contributed by atoms with Crippen molar-refractivity contribution in [1.29, 1.82) is 0 Å². The molecule has 342 valence electrons. The van der Waals surface area contributed by atoms with Crippen molar-refractivity contribution >= 4 is 23.8 Å². The lowest BCUT2D eigenvalue weighted by Gasteiger charge is -2.49. The Kier molecular flexibility index (Phi) is 20.3. The van der Waals surface area contributed by atoms with Gasteiger partial charge in [0.1, 0.15) is 17.2 Å². The van der Waals surface area contributed by atoms with Crippen molar-refractivity contribution in [3.63, 3.8) is 0 Å². The number of carboxylic acids is 2. The van der Waals surface area contributed by atoms with Crippen LogP contribution in [0, 0.1) is 35.0 Å². The molecule has 0 radical (unpaired) electrons. The molecule has 1 amide bonds. The van der Waals surface area contributed by atoms with Crippen LogP contribution in [0.5, 0.6) is 0 Å². The van der Waals surface area contributed by atoms with Crippen molar-refractivity contribution in [2.45, 2.75) is 177 Å². The van der Waals surface area contributed by atoms with Crippen LogP contribution in [0.1, 0.15) is 153 Å². The Labute approximate surface area is 356 Å². The molecule has 0 aromatic heterocycles. The summed E-state index contributed by atoms with van der Waals surface area (Å²) in [7, 11) is 0. The number of halogens is 3. The molecule has 13 heteroatoms. The summed E-state index contributed by atoms with van der Waals surface area (Å²) in [6, 6.07) is 4.11. The number of aryl methyl sites for hydroxylation is 1. The van der Waals surface area contributed by atoms with Crippen LogP contribution in [-0.2, 0) is 31.7 Å². The maximum absolute atomic E-state index is 12.6. The van der Waals surface area contributed by atoms with Crippen LogP contribution in [0.15, 0.2) is 47.6 Å². The minimum Gasteiger partial charge on any atom is -0.481 e. The molecule has 1 aromatic carbocycles. The number of carboxylic acid groups (broad SMARTS) is 2. The third-order valence-electron chi connectivity index (χ3n) is 11.6. The van der Waals surface area contributed by atoms with Crippen LogP contribution in [0.4, 0.5) is 18.0 Å². The molecule has 5 rings (SSSR count). The maximum Gasteiger partial charge on any atom is 0.416 e. The van der Waals surface area contributed by atoms with Crippen molar-refractivity contribution in [1.82, 2.24) is 5.32 Å². The normalized spacial score (nSPS) is 27.4. The van der Waals surface area contributed by atoms with Crippen molar-refractivity contribution in [2.75, 3.05) is 0 Å². The first-order valence-corrected chi connectivity index (χ1v) is 21.5. The molecular formula is C47H74F3NO9. The van der Waals surface area contributed by atoms with E-state index in [-0.39, 0.29) is 29.5 Å². The van der Waals surface area contributed by atoms with Crippen LogP contribution < -0.4 is 5.32 Å². The molecule has 0 heterocycles. The van der Waals surface area contributed by atoms with Gasteiger partial charge in [-0.1, -0.05) is 104 Å². The highest BCUT2D eigenvalue weighted by atomic mass is 19.4. The molecule has 8 atom stereocenters. The van der Waals surface area contributed by atoms with Crippen LogP contribution in [-0.4, -0.2) is 67.1 Å². The van der Waals surface area contributed by atoms with Crippen LogP contribution in [0.25, 0.3) is 0 Å². The lowest BCUT2D eigenvalue weighted by Crippen LogP contribution is -2.59. The first-order chi connectivity index (χ1) is 27.6. The fourth-order valence-corrected chi connectivity index (χ4v) is 8.93. The fraction of sp³-hybridized carbons (Fsp3) is 0.702. The van der Waals surface area contributed by atoms with E-state index in [1.165, 1.54) is 18.6 Å². The van der Waals surface area contributed by atoms with Gasteiger partial charge < -0.3 is 30.5 Å². The van der Waals surface area contributed by atoms with Gasteiger partial charge in [0.25, 0.3) is 5.97 Å². The van der Waals surface area contributed by atoms with Gasteiger partial charge in [0.15, 0.2) is 5.78 Å². The number of carbonyl (C=O) groups is 4. The van der Waals surface area contributed by atoms with E-state index in [9.17, 15) is 42.9 Å². The molecule has 10 nitrogen and oxygen atoms in total. The third-order valence-corrected chi connectivity index (χ3v) is 11.6. The number of Topliss-reactive ketones (excluding diaryl/α,β-unsaturated/α-hetero) is 1. The molecule has 0 saturated heterocycles. The Morgan fingerprint density at radius 1 is 0.933 bits per heavy atom. The smallest absolute Gasteiger partial charge is 0.416 e. The zero-order chi connectivity index (χ0) is 46.6. The first-order valence-electron chi connectivity index (χ1n) is 21.5. The van der Waals surface area contributed by atoms with Crippen LogP contribution in [0.2, 0.25) is 0 Å². The van der Waals surface area contributed by atoms with E-state index in [4.69, 9.17) is 14.6 Å². The van der Waals surface area contributed by atoms with Crippen molar-refractivity contribution in [2.24, 2.45) is 35.0 Å². The number of aliphatic carboxylic acids is 2. The molecule has 5 N–H and O–H groups in total. The minimum atomic E-state index is -4.33. The van der Waals surface area contributed by atoms with Crippen LogP contribution >= 0.6 is 0 Å². The van der Waals surface area contributed by atoms with Gasteiger partial charge in [0, 0.05) is 25.2 Å². The number of alkyl halides is 3. The number of hydrogen-bond acceptors (Lipinski definition) is 7. The first kappa shape index (κ1) is 54.3. The largest absolute Gasteiger partial charge is 0.481 e. The van der Waals surface area contributed by atoms with Crippen molar-refractivity contribution in [3.05, 3.63) is 58.7 Å². The summed E-state index contributed by atoms with van der Waals surface area (Å²) in [4.78, 5) is 44.6. The van der Waals surface area contributed by atoms with Gasteiger partial charge in [0.05, 0.1) is 11.2 Å². The van der Waals surface area contributed by atoms with Gasteiger partial charge in [-0.2, -0.15) is 13.2 Å². The number of hydrogen-bond donors (Lipinski definition) is 5. The highest BCUT2D eigenvalue weighted by molar-refractivity contribution is 6.04. The number of fused-ring (bicyclic) bond motifs is 5. The average molecular weight is 854 g/mol. The molecule has 60 heavy (non-hydrogen) atoms. The zero-order valence-electron chi connectivity index (χ0n) is 38.3. The molecule has 0 aliphatic heterocycles. The Morgan fingerprint density at radius 2 is 1.45 bits per heavy atom. The van der Waals surface area contributed by atoms with E-state index in [1.807, 2.05) is 26.8 Å². The molecule has 1 aromatic rings. The van der Waals surface area contributed by atoms with E-state index in [0.717, 1.165) is 55.9 Å². The van der Waals surface area contributed by atoms with Gasteiger partial charge >= 0.3 is 18.2 Å². The number of amides is 1. The van der Waals surface area contributed by atoms with Crippen molar-refractivity contribution in [3.8, 4) is 0 Å². The standard InChI is InChI=1S/C20H28F3NO4.C20H28O3.C3H8.C2H4O2.C2H6/c1-19(2,3)28-18(27)24-16(17(25)26)9-7-5-4-6-8-14-10-12-15(13-11-14)20(21,22)23;1-10-6-14-16-13(18(16,4)5)8-12(3)20(14,23)15-7-11(2)17(21)19(15,22)9-10;1-3-2;1-2(3)4;1-2/h10-13,16H,4-9H2,1-3H3,(H,24,27)(H,25,26);6-7,12-16,22-23H,8-9H2,1-5H3;3H2,1-2H3;1H3,(H,3,4);1-2H3/t;12-,13?,14?,15?,16?,19?,20?;;;/m.1.../s1. The number of rotatable bonds is 9. The molecular weight excluding hydrogens is 780 g/mol. The summed E-state index contributed by atoms with van der Waals surface area (Å²) in [5.74, 6) is -1.45. The van der Waals surface area contributed by atoms with E-state index >= 15 is 0 Å². The minimum absolute atomic E-state index is 0.0280. The number of ketones is 1. The summed E-state index contributed by atoms with van der Waals surface area (Å²) in [5.41, 5.74) is -1.15. The summed E-state index contributed by atoms with van der Waals surface area (Å²) in [6.07, 6.45) is 5.45. The van der Waals surface area contributed by atoms with Gasteiger partial charge in [-0.3, -0.25) is 9.59 Å². The average Bonchev–Trinajstić information content (AvgIpc) is 3.61. The number of ether oxygens (including phenoxy) is 1. The van der Waals surface area contributed by atoms with Gasteiger partial charge in [0.2, 0.25) is 0 Å². The molecule has 2 fully saturated rings. The van der Waals surface area contributed by atoms with E-state index < -0.39 is 58.5 Å². The molecule has 0 spiro atoms. The molecule has 0 bridgehead atoms. The Morgan fingerprint density at radius 3 is 1.93 bits per heavy atom. The van der Waals surface area contributed by atoms with Gasteiger partial charge in [-0.25, -0.2) is 9.59 Å². The molecule has 7 unspecified atom stereocenters. The number of alkyl carbamates (subject to hydrolysis) is 1. The number of benzene rings is 1. The fourth-order valence-electron chi connectivity index (χ4n) is 8.93. The molecule has 4 aliphatic rings. The van der Waals surface area contributed by atoms with E-state index in [0.29, 0.717) is 36.7 Å². The van der Waals surface area contributed by atoms with Gasteiger partial charge in [-0.05, 0) is 107 Å². The second kappa shape index (κ2) is 22.4. The topological polar surface area (TPSA) is 170 Å². The summed E-state index contributed by atoms with van der Waals surface area (Å²) >= 11 is 0. The lowest BCUT2D eigenvalue weighted by molar-refractivity contribution is -0.168. The number of aliphatic hydroxyl groups is 2. The number of nitrogens with one attached hydrogen (secondary N) is 1. The molecule has 4 aliphatic carbocycles. The summed E-state index contributed by atoms with van der Waals surface area (Å²) in [5, 5.41) is 42.1. The second-order valence-electron chi connectivity index (χ2n) is 18.2. The monoisotopic (exact) mass is 854 g/mol. The van der Waals surface area contributed by atoms with Crippen LogP contribution in [0.3, 0.4) is 0 Å². The SMILES string of the molecule is CC.CC(=O)O.CC(C)(C)OC(=O)NC(CCCCCCc1ccc(C(F)(F)F)cc1)C(=O)O.CC1=CC2C3C(C[C@@H](C)C2(O)C2C=C(C)C(=O)C2(O)C1)C3(C)C.CCC. The third kappa shape index (κ3) is 14.5. The van der Waals surface area contributed by atoms with E-state index in [1.54, 1.807) is 27.7 Å². The number of unbranched alkanes of at least 4 members (excludes halogenated alkanes) is 3. The quantitative estimate of drug-likeness (QED) is 0.120. The lowest BCUT2D eigenvalue weighted by atomic mass is 9.60. The highest BCUT2D eigenvalue weighted by Crippen LogP contribution is 2.72. The summed E-state index contributed by atoms with van der Waals surface area (Å²) in [6.45, 7) is 24.9. The zero-order valence-corrected chi connectivity index (χ0v) is 38.3. The second-order valence-corrected chi connectivity index (χ2v) is 18.2. The molecule has 2 saturated carbocycles. The predicted molar refractivity (Wildman–Crippen MR) is 228 cm³/mol. The summed E-state index contributed by atoms with van der Waals surface area (Å²) < 4.78 is 42.6. The van der Waals surface area contributed by atoms with E-state index in [2.05, 4.69) is 46.0 Å².